The predicted octanol–water partition coefficient (Wildman–Crippen LogP) is 4.30. The Bertz CT molecular complexity index is 983. The molecule has 9 heteroatoms. The van der Waals surface area contributed by atoms with Gasteiger partial charge in [-0.3, -0.25) is 14.4 Å². The topological polar surface area (TPSA) is 118 Å². The molecule has 190 valence electrons. The number of nitrogens with zero attached hydrogens (tertiary/aromatic N) is 4. The van der Waals surface area contributed by atoms with E-state index in [4.69, 9.17) is 0 Å². The summed E-state index contributed by atoms with van der Waals surface area (Å²) in [6, 6.07) is 1.66. The van der Waals surface area contributed by atoms with Crippen LogP contribution in [0.5, 0.6) is 0 Å². The van der Waals surface area contributed by atoms with Crippen molar-refractivity contribution in [3.8, 4) is 0 Å². The van der Waals surface area contributed by atoms with Crippen LogP contribution in [0.1, 0.15) is 102 Å². The molecule has 2 fully saturated rings. The molecule has 1 aromatic rings. The summed E-state index contributed by atoms with van der Waals surface area (Å²) in [6.45, 7) is 1.78. The summed E-state index contributed by atoms with van der Waals surface area (Å²) < 4.78 is 1.35. The fourth-order valence-electron chi connectivity index (χ4n) is 5.29. The monoisotopic (exact) mass is 482 g/mol. The first-order valence-corrected chi connectivity index (χ1v) is 13.4. The molecule has 0 radical (unpaired) electrons. The molecule has 2 heterocycles. The van der Waals surface area contributed by atoms with Crippen LogP contribution in [0, 0.1) is 12.8 Å². The second-order valence-electron chi connectivity index (χ2n) is 10.1. The molecule has 1 aliphatic heterocycles. The van der Waals surface area contributed by atoms with Crippen molar-refractivity contribution in [1.82, 2.24) is 15.1 Å². The first-order valence-electron chi connectivity index (χ1n) is 13.4. The number of aryl methyl sites for hydroxylation is 1. The van der Waals surface area contributed by atoms with Crippen LogP contribution in [0.25, 0.3) is 0 Å². The van der Waals surface area contributed by atoms with Gasteiger partial charge in [0, 0.05) is 17.8 Å². The summed E-state index contributed by atoms with van der Waals surface area (Å²) >= 11 is 0. The van der Waals surface area contributed by atoms with E-state index >= 15 is 0 Å². The van der Waals surface area contributed by atoms with Gasteiger partial charge in [-0.25, -0.2) is 4.99 Å². The Balaban J connectivity index is 1.40. The summed E-state index contributed by atoms with van der Waals surface area (Å²) in [5.41, 5.74) is 1.46. The van der Waals surface area contributed by atoms with Crippen molar-refractivity contribution in [1.29, 1.82) is 0 Å². The van der Waals surface area contributed by atoms with E-state index < -0.39 is 11.8 Å². The van der Waals surface area contributed by atoms with Gasteiger partial charge in [-0.15, -0.1) is 0 Å². The molecule has 2 N–H and O–H groups in total. The number of aromatic nitrogens is 2. The zero-order valence-corrected chi connectivity index (χ0v) is 20.9. The van der Waals surface area contributed by atoms with Gasteiger partial charge in [0.2, 0.25) is 0 Å². The summed E-state index contributed by atoms with van der Waals surface area (Å²) in [5, 5.41) is 9.98. The summed E-state index contributed by atoms with van der Waals surface area (Å²) in [5.74, 6) is -1.41. The zero-order chi connectivity index (χ0) is 24.6. The minimum Gasteiger partial charge on any atom is -0.345 e. The molecule has 1 aromatic heterocycles. The van der Waals surface area contributed by atoms with Gasteiger partial charge in [-0.05, 0) is 39.0 Å². The molecule has 0 bridgehead atoms. The van der Waals surface area contributed by atoms with E-state index in [1.807, 2.05) is 0 Å². The fourth-order valence-corrected chi connectivity index (χ4v) is 5.29. The maximum Gasteiger partial charge on any atom is 0.314 e. The Morgan fingerprint density at radius 1 is 0.857 bits per heavy atom. The molecule has 0 saturated heterocycles. The molecular formula is C26H38N6O3. The van der Waals surface area contributed by atoms with Crippen molar-refractivity contribution >= 4 is 35.2 Å². The molecule has 4 rings (SSSR count). The second kappa shape index (κ2) is 12.2. The third-order valence-corrected chi connectivity index (χ3v) is 7.24. The molecule has 1 unspecified atom stereocenters. The molecular weight excluding hydrogens is 444 g/mol. The first kappa shape index (κ1) is 25.3. The van der Waals surface area contributed by atoms with Gasteiger partial charge in [-0.2, -0.15) is 14.8 Å². The highest BCUT2D eigenvalue weighted by Crippen LogP contribution is 2.26. The molecule has 3 amide bonds. The maximum atomic E-state index is 12.8. The Kier molecular flexibility index (Phi) is 8.82. The Morgan fingerprint density at radius 3 is 2.17 bits per heavy atom. The van der Waals surface area contributed by atoms with E-state index in [0.29, 0.717) is 5.69 Å². The van der Waals surface area contributed by atoms with Crippen molar-refractivity contribution in [3.63, 3.8) is 0 Å². The lowest BCUT2D eigenvalue weighted by Crippen LogP contribution is -2.42. The smallest absolute Gasteiger partial charge is 0.314 e. The molecule has 35 heavy (non-hydrogen) atoms. The average molecular weight is 483 g/mol. The highest BCUT2D eigenvalue weighted by atomic mass is 16.2. The second-order valence-corrected chi connectivity index (χ2v) is 10.1. The Hall–Kier alpha value is -2.84. The molecule has 0 aromatic carbocycles. The number of anilines is 1. The number of carbonyl (C=O) groups is 3. The van der Waals surface area contributed by atoms with Gasteiger partial charge in [0.05, 0.1) is 11.6 Å². The predicted molar refractivity (Wildman–Crippen MR) is 136 cm³/mol. The molecule has 1 atom stereocenters. The molecule has 2 saturated carbocycles. The number of carbonyl (C=O) groups excluding carboxylic acids is 3. The lowest BCUT2D eigenvalue weighted by Gasteiger charge is -2.24. The van der Waals surface area contributed by atoms with Crippen molar-refractivity contribution in [2.45, 2.75) is 109 Å². The number of hydrogen-bond donors (Lipinski definition) is 2. The van der Waals surface area contributed by atoms with Gasteiger partial charge in [0.15, 0.2) is 0 Å². The average Bonchev–Trinajstić information content (AvgIpc) is 3.20. The normalized spacial score (nSPS) is 22.7. The quantitative estimate of drug-likeness (QED) is 0.611. The fraction of sp³-hybridized carbons (Fsp3) is 0.692. The maximum absolute atomic E-state index is 12.8. The Morgan fingerprint density at radius 2 is 1.49 bits per heavy atom. The molecule has 2 aliphatic carbocycles. The van der Waals surface area contributed by atoms with E-state index in [9.17, 15) is 14.4 Å². The van der Waals surface area contributed by atoms with E-state index in [0.717, 1.165) is 57.1 Å². The van der Waals surface area contributed by atoms with E-state index in [2.05, 4.69) is 25.7 Å². The third kappa shape index (κ3) is 6.86. The van der Waals surface area contributed by atoms with Crippen LogP contribution in [0.4, 0.5) is 5.82 Å². The van der Waals surface area contributed by atoms with Crippen molar-refractivity contribution < 1.29 is 14.4 Å². The van der Waals surface area contributed by atoms with Crippen LogP contribution >= 0.6 is 0 Å². The van der Waals surface area contributed by atoms with Gasteiger partial charge in [-0.1, -0.05) is 64.2 Å². The summed E-state index contributed by atoms with van der Waals surface area (Å²) in [7, 11) is 0. The highest BCUT2D eigenvalue weighted by Gasteiger charge is 2.32. The zero-order valence-electron chi connectivity index (χ0n) is 20.9. The van der Waals surface area contributed by atoms with Crippen LogP contribution in [-0.2, 0) is 14.4 Å². The van der Waals surface area contributed by atoms with E-state index in [1.165, 1.54) is 49.6 Å². The minimum atomic E-state index is -0.747. The van der Waals surface area contributed by atoms with Crippen LogP contribution in [0.2, 0.25) is 0 Å². The molecule has 3 aliphatic rings. The molecule has 0 spiro atoms. The number of amides is 3. The third-order valence-electron chi connectivity index (χ3n) is 7.24. The lowest BCUT2D eigenvalue weighted by molar-refractivity contribution is -0.136. The van der Waals surface area contributed by atoms with Crippen LogP contribution in [0.3, 0.4) is 0 Å². The largest absolute Gasteiger partial charge is 0.345 e. The lowest BCUT2D eigenvalue weighted by atomic mass is 9.86. The van der Waals surface area contributed by atoms with Crippen molar-refractivity contribution in [2.75, 3.05) is 5.32 Å². The number of rotatable bonds is 2. The van der Waals surface area contributed by atoms with Crippen LogP contribution in [0.15, 0.2) is 16.1 Å². The van der Waals surface area contributed by atoms with Crippen LogP contribution < -0.4 is 10.6 Å². The van der Waals surface area contributed by atoms with Crippen LogP contribution in [-0.4, -0.2) is 45.2 Å². The van der Waals surface area contributed by atoms with Gasteiger partial charge >= 0.3 is 11.8 Å². The standard InChI is InChI=1S/C26H38N6O3/c1-18-17-22(32(31-18)26-28-21-16-12-11-15-20(21)23(33)30-26)29-25(35)24(34)27-19-13-9-7-5-3-2-4-6-8-10-14-19/h17,19-20H,2-16H2,1H3,(H,27,34)(H,29,35). The van der Waals surface area contributed by atoms with Gasteiger partial charge < -0.3 is 10.6 Å². The minimum absolute atomic E-state index is 0.00861. The highest BCUT2D eigenvalue weighted by molar-refractivity contribution is 6.39. The Labute approximate surface area is 207 Å². The SMILES string of the molecule is Cc1cc(NC(=O)C(=O)NC2CCCCCCCCCCC2)n(C2=NC(=O)C3CCCCC3=N2)n1. The summed E-state index contributed by atoms with van der Waals surface area (Å²) in [6.07, 6.45) is 16.2. The van der Waals surface area contributed by atoms with Gasteiger partial charge in [0.25, 0.3) is 11.9 Å². The number of nitrogens with one attached hydrogen (secondary N) is 2. The van der Waals surface area contributed by atoms with Crippen molar-refractivity contribution in [2.24, 2.45) is 15.9 Å². The summed E-state index contributed by atoms with van der Waals surface area (Å²) in [4.78, 5) is 46.8. The number of aliphatic imine (C=N–C) groups is 2. The first-order chi connectivity index (χ1) is 17.0. The number of fused-ring (bicyclic) bond motifs is 1. The van der Waals surface area contributed by atoms with E-state index in [-0.39, 0.29) is 29.6 Å². The number of hydrogen-bond acceptors (Lipinski definition) is 5. The van der Waals surface area contributed by atoms with Gasteiger partial charge in [0.1, 0.15) is 5.82 Å². The molecule has 9 nitrogen and oxygen atoms in total. The van der Waals surface area contributed by atoms with Crippen molar-refractivity contribution in [3.05, 3.63) is 11.8 Å². The van der Waals surface area contributed by atoms with E-state index in [1.54, 1.807) is 13.0 Å².